The zero-order valence-electron chi connectivity index (χ0n) is 19.0. The summed E-state index contributed by atoms with van der Waals surface area (Å²) in [5.74, 6) is 4.79. The van der Waals surface area contributed by atoms with E-state index in [2.05, 4.69) is 27.7 Å². The minimum atomic E-state index is -0.0673. The van der Waals surface area contributed by atoms with Gasteiger partial charge < -0.3 is 10.2 Å². The minimum absolute atomic E-state index is 0.0673. The third-order valence-electron chi connectivity index (χ3n) is 10.9. The fraction of sp³-hybridized carbons (Fsp3) is 1.00. The second-order valence-corrected chi connectivity index (χ2v) is 11.8. The first-order valence-corrected chi connectivity index (χ1v) is 12.7. The Hall–Kier alpha value is -0.0800. The van der Waals surface area contributed by atoms with E-state index in [0.29, 0.717) is 35.2 Å². The van der Waals surface area contributed by atoms with Gasteiger partial charge in [0.1, 0.15) is 0 Å². The topological polar surface area (TPSA) is 40.5 Å². The monoisotopic (exact) mass is 390 g/mol. The van der Waals surface area contributed by atoms with Crippen molar-refractivity contribution in [3.8, 4) is 0 Å². The molecule has 5 unspecified atom stereocenters. The number of fused-ring (bicyclic) bond motifs is 5. The Kier molecular flexibility index (Phi) is 5.95. The predicted molar refractivity (Wildman–Crippen MR) is 116 cm³/mol. The standard InChI is InChI=1S/C26H46O2/c1-5-18-20-10-6-7-14-25(20,3)22-13-15-26(4)19(17(2)9-8-16-27)11-12-21(26)23(22)24(18)28/h17-24,27-28H,5-16H2,1-4H3/t17-,18-,19-,20+,21?,22?,23?,24-,25?,26?/m1/s1. The molecule has 0 aromatic heterocycles. The summed E-state index contributed by atoms with van der Waals surface area (Å²) in [5, 5.41) is 21.0. The highest BCUT2D eigenvalue weighted by atomic mass is 16.3. The van der Waals surface area contributed by atoms with Gasteiger partial charge in [-0.15, -0.1) is 0 Å². The molecule has 0 aromatic rings. The number of hydrogen-bond acceptors (Lipinski definition) is 2. The van der Waals surface area contributed by atoms with Gasteiger partial charge in [-0.25, -0.2) is 0 Å². The van der Waals surface area contributed by atoms with Crippen molar-refractivity contribution in [1.29, 1.82) is 0 Å². The minimum Gasteiger partial charge on any atom is -0.396 e. The Morgan fingerprint density at radius 2 is 1.68 bits per heavy atom. The lowest BCUT2D eigenvalue weighted by Gasteiger charge is -2.64. The molecule has 0 aromatic carbocycles. The largest absolute Gasteiger partial charge is 0.396 e. The van der Waals surface area contributed by atoms with Gasteiger partial charge in [-0.1, -0.05) is 47.0 Å². The van der Waals surface area contributed by atoms with Crippen LogP contribution in [0.1, 0.15) is 98.3 Å². The summed E-state index contributed by atoms with van der Waals surface area (Å²) in [6.07, 6.45) is 14.2. The van der Waals surface area contributed by atoms with E-state index in [-0.39, 0.29) is 6.10 Å². The Morgan fingerprint density at radius 3 is 2.39 bits per heavy atom. The van der Waals surface area contributed by atoms with E-state index in [1.165, 1.54) is 51.4 Å². The van der Waals surface area contributed by atoms with Gasteiger partial charge >= 0.3 is 0 Å². The lowest BCUT2D eigenvalue weighted by Crippen LogP contribution is -2.61. The summed E-state index contributed by atoms with van der Waals surface area (Å²) >= 11 is 0. The zero-order valence-corrected chi connectivity index (χ0v) is 19.0. The molecule has 28 heavy (non-hydrogen) atoms. The molecule has 10 atom stereocenters. The first-order valence-electron chi connectivity index (χ1n) is 12.7. The SMILES string of the molecule is CC[C@H]1[C@@H](O)C2C3CC[C@H]([C@H](C)CCCO)C3(C)CCC2C2(C)CCCC[C@@H]12. The molecule has 4 aliphatic carbocycles. The van der Waals surface area contributed by atoms with Crippen molar-refractivity contribution >= 4 is 0 Å². The molecule has 0 amide bonds. The number of aliphatic hydroxyl groups is 2. The second kappa shape index (κ2) is 7.88. The van der Waals surface area contributed by atoms with E-state index in [9.17, 15) is 10.2 Å². The van der Waals surface area contributed by atoms with Crippen LogP contribution in [0.3, 0.4) is 0 Å². The highest BCUT2D eigenvalue weighted by Crippen LogP contribution is 2.69. The van der Waals surface area contributed by atoms with Crippen LogP contribution in [0.5, 0.6) is 0 Å². The fourth-order valence-corrected chi connectivity index (χ4v) is 9.63. The first-order chi connectivity index (χ1) is 13.4. The van der Waals surface area contributed by atoms with Gasteiger partial charge in [-0.2, -0.15) is 0 Å². The summed E-state index contributed by atoms with van der Waals surface area (Å²) in [5.41, 5.74) is 0.887. The fourth-order valence-electron chi connectivity index (χ4n) is 9.63. The van der Waals surface area contributed by atoms with Crippen LogP contribution in [0.2, 0.25) is 0 Å². The van der Waals surface area contributed by atoms with Gasteiger partial charge in [0.2, 0.25) is 0 Å². The average molecular weight is 391 g/mol. The van der Waals surface area contributed by atoms with Gasteiger partial charge in [-0.05, 0) is 104 Å². The summed E-state index contributed by atoms with van der Waals surface area (Å²) in [4.78, 5) is 0. The molecule has 4 fully saturated rings. The molecule has 2 nitrogen and oxygen atoms in total. The second-order valence-electron chi connectivity index (χ2n) is 11.8. The predicted octanol–water partition coefficient (Wildman–Crippen LogP) is 6.05. The molecule has 0 radical (unpaired) electrons. The highest BCUT2D eigenvalue weighted by Gasteiger charge is 2.64. The Bertz CT molecular complexity index is 547. The van der Waals surface area contributed by atoms with Crippen LogP contribution in [0, 0.1) is 52.3 Å². The number of hydrogen-bond donors (Lipinski definition) is 2. The van der Waals surface area contributed by atoms with Gasteiger partial charge in [-0.3, -0.25) is 0 Å². The quantitative estimate of drug-likeness (QED) is 0.600. The van der Waals surface area contributed by atoms with Crippen LogP contribution in [-0.2, 0) is 0 Å². The van der Waals surface area contributed by atoms with E-state index < -0.39 is 0 Å². The Morgan fingerprint density at radius 1 is 0.929 bits per heavy atom. The van der Waals surface area contributed by atoms with Crippen LogP contribution in [0.4, 0.5) is 0 Å². The summed E-state index contributed by atoms with van der Waals surface area (Å²) in [6.45, 7) is 10.3. The Labute approximate surface area is 173 Å². The summed E-state index contributed by atoms with van der Waals surface area (Å²) in [6, 6.07) is 0. The van der Waals surface area contributed by atoms with Gasteiger partial charge in [0.15, 0.2) is 0 Å². The van der Waals surface area contributed by atoms with E-state index >= 15 is 0 Å². The van der Waals surface area contributed by atoms with Crippen molar-refractivity contribution in [2.45, 2.75) is 104 Å². The van der Waals surface area contributed by atoms with E-state index in [4.69, 9.17) is 0 Å². The lowest BCUT2D eigenvalue weighted by molar-refractivity contribution is -0.194. The molecule has 162 valence electrons. The third-order valence-corrected chi connectivity index (χ3v) is 10.9. The van der Waals surface area contributed by atoms with Gasteiger partial charge in [0.25, 0.3) is 0 Å². The maximum absolute atomic E-state index is 11.7. The van der Waals surface area contributed by atoms with Crippen molar-refractivity contribution in [3.63, 3.8) is 0 Å². The molecule has 4 rings (SSSR count). The zero-order chi connectivity index (χ0) is 20.1. The van der Waals surface area contributed by atoms with E-state index in [1.807, 2.05) is 0 Å². The molecule has 0 heterocycles. The number of rotatable bonds is 5. The van der Waals surface area contributed by atoms with Crippen molar-refractivity contribution in [1.82, 2.24) is 0 Å². The maximum atomic E-state index is 11.7. The van der Waals surface area contributed by atoms with E-state index in [1.54, 1.807) is 0 Å². The maximum Gasteiger partial charge on any atom is 0.0605 e. The van der Waals surface area contributed by atoms with E-state index in [0.717, 1.165) is 42.9 Å². The average Bonchev–Trinajstić information content (AvgIpc) is 3.04. The number of aliphatic hydroxyl groups excluding tert-OH is 2. The molecular formula is C26H46O2. The highest BCUT2D eigenvalue weighted by molar-refractivity contribution is 5.13. The van der Waals surface area contributed by atoms with Gasteiger partial charge in [0.05, 0.1) is 6.10 Å². The van der Waals surface area contributed by atoms with Crippen molar-refractivity contribution in [2.24, 2.45) is 52.3 Å². The Balaban J connectivity index is 1.63. The van der Waals surface area contributed by atoms with Crippen LogP contribution in [-0.4, -0.2) is 22.9 Å². The van der Waals surface area contributed by atoms with Crippen molar-refractivity contribution in [2.75, 3.05) is 6.61 Å². The normalized spacial score (nSPS) is 51.9. The lowest BCUT2D eigenvalue weighted by atomic mass is 9.41. The van der Waals surface area contributed by atoms with Gasteiger partial charge in [0, 0.05) is 6.61 Å². The molecule has 2 N–H and O–H groups in total. The molecular weight excluding hydrogens is 344 g/mol. The summed E-state index contributed by atoms with van der Waals surface area (Å²) < 4.78 is 0. The van der Waals surface area contributed by atoms with Crippen LogP contribution < -0.4 is 0 Å². The third kappa shape index (κ3) is 3.03. The molecule has 4 aliphatic rings. The first kappa shape index (κ1) is 21.2. The molecule has 0 bridgehead atoms. The van der Waals surface area contributed by atoms with Crippen molar-refractivity contribution < 1.29 is 10.2 Å². The smallest absolute Gasteiger partial charge is 0.0605 e. The van der Waals surface area contributed by atoms with Crippen LogP contribution in [0.25, 0.3) is 0 Å². The molecule has 0 saturated heterocycles. The van der Waals surface area contributed by atoms with Crippen LogP contribution >= 0.6 is 0 Å². The molecule has 2 heteroatoms. The molecule has 0 spiro atoms. The molecule has 0 aliphatic heterocycles. The summed E-state index contributed by atoms with van der Waals surface area (Å²) in [7, 11) is 0. The van der Waals surface area contributed by atoms with Crippen molar-refractivity contribution in [3.05, 3.63) is 0 Å². The molecule has 4 saturated carbocycles. The van der Waals surface area contributed by atoms with Crippen LogP contribution in [0.15, 0.2) is 0 Å².